The van der Waals surface area contributed by atoms with Gasteiger partial charge in [-0.2, -0.15) is 5.26 Å². The van der Waals surface area contributed by atoms with Crippen LogP contribution in [0.2, 0.25) is 0 Å². The predicted octanol–water partition coefficient (Wildman–Crippen LogP) is 2.92. The highest BCUT2D eigenvalue weighted by Crippen LogP contribution is 2.23. The van der Waals surface area contributed by atoms with Gasteiger partial charge in [-0.3, -0.25) is 0 Å². The molecule has 1 aromatic carbocycles. The Labute approximate surface area is 125 Å². The lowest BCUT2D eigenvalue weighted by atomic mass is 10.2. The summed E-state index contributed by atoms with van der Waals surface area (Å²) in [4.78, 5) is 11.1. The van der Waals surface area contributed by atoms with Crippen molar-refractivity contribution in [2.75, 3.05) is 24.3 Å². The highest BCUT2D eigenvalue weighted by atomic mass is 15.2. The second kappa shape index (κ2) is 6.71. The van der Waals surface area contributed by atoms with Gasteiger partial charge in [0.15, 0.2) is 5.82 Å². The summed E-state index contributed by atoms with van der Waals surface area (Å²) in [5.41, 5.74) is 0.970. The molecule has 5 heteroatoms. The number of nitrogens with zero attached hydrogens (tertiary/aromatic N) is 4. The maximum Gasteiger partial charge on any atom is 0.163 e. The van der Waals surface area contributed by atoms with Gasteiger partial charge in [-0.05, 0) is 6.92 Å². The smallest absolute Gasteiger partial charge is 0.163 e. The highest BCUT2D eigenvalue weighted by Gasteiger charge is 2.14. The van der Waals surface area contributed by atoms with Gasteiger partial charge in [0.1, 0.15) is 11.6 Å². The van der Waals surface area contributed by atoms with Gasteiger partial charge in [0.25, 0.3) is 0 Å². The average molecular weight is 281 g/mol. The normalized spacial score (nSPS) is 11.5. The molecule has 0 bridgehead atoms. The average Bonchev–Trinajstić information content (AvgIpc) is 2.54. The third-order valence-corrected chi connectivity index (χ3v) is 3.41. The molecule has 0 aliphatic heterocycles. The van der Waals surface area contributed by atoms with E-state index in [2.05, 4.69) is 21.4 Å². The molecule has 0 spiro atoms. The summed E-state index contributed by atoms with van der Waals surface area (Å²) >= 11 is 0. The standard InChI is InChI=1S/C16H19N5/c1-12(9-10-17)21(3)15-11-14(18-2)19-16(20-15)13-7-5-4-6-8-13/h4-8,11-12H,9H2,1-3H3,(H,18,19,20). The van der Waals surface area contributed by atoms with Gasteiger partial charge in [0.05, 0.1) is 12.5 Å². The summed E-state index contributed by atoms with van der Waals surface area (Å²) in [5, 5.41) is 11.9. The first-order valence-corrected chi connectivity index (χ1v) is 6.87. The molecule has 5 nitrogen and oxygen atoms in total. The zero-order valence-corrected chi connectivity index (χ0v) is 12.5. The molecule has 0 saturated heterocycles. The quantitative estimate of drug-likeness (QED) is 0.912. The first-order valence-electron chi connectivity index (χ1n) is 6.87. The fourth-order valence-corrected chi connectivity index (χ4v) is 1.95. The van der Waals surface area contributed by atoms with Gasteiger partial charge >= 0.3 is 0 Å². The third-order valence-electron chi connectivity index (χ3n) is 3.41. The molecule has 2 aromatic rings. The highest BCUT2D eigenvalue weighted by molar-refractivity contribution is 5.61. The minimum atomic E-state index is 0.0956. The topological polar surface area (TPSA) is 64.8 Å². The summed E-state index contributed by atoms with van der Waals surface area (Å²) in [6, 6.07) is 14.0. The summed E-state index contributed by atoms with van der Waals surface area (Å²) in [6.45, 7) is 2.01. The molecule has 2 rings (SSSR count). The SMILES string of the molecule is CNc1cc(N(C)C(C)CC#N)nc(-c2ccccc2)n1. The van der Waals surface area contributed by atoms with Crippen molar-refractivity contribution in [3.05, 3.63) is 36.4 Å². The van der Waals surface area contributed by atoms with Gasteiger partial charge in [-0.15, -0.1) is 0 Å². The van der Waals surface area contributed by atoms with Crippen LogP contribution in [0.25, 0.3) is 11.4 Å². The largest absolute Gasteiger partial charge is 0.373 e. The van der Waals surface area contributed by atoms with E-state index < -0.39 is 0 Å². The Bertz CT molecular complexity index is 633. The number of nitriles is 1. The monoisotopic (exact) mass is 281 g/mol. The van der Waals surface area contributed by atoms with E-state index in [1.807, 2.05) is 62.3 Å². The second-order valence-corrected chi connectivity index (χ2v) is 4.87. The zero-order chi connectivity index (χ0) is 15.2. The molecular formula is C16H19N5. The third kappa shape index (κ3) is 3.48. The molecule has 1 N–H and O–H groups in total. The molecule has 0 saturated carbocycles. The number of aromatic nitrogens is 2. The maximum absolute atomic E-state index is 8.84. The Balaban J connectivity index is 2.41. The lowest BCUT2D eigenvalue weighted by molar-refractivity contribution is 0.693. The van der Waals surface area contributed by atoms with Crippen molar-refractivity contribution in [2.45, 2.75) is 19.4 Å². The van der Waals surface area contributed by atoms with Crippen molar-refractivity contribution in [1.82, 2.24) is 9.97 Å². The summed E-state index contributed by atoms with van der Waals surface area (Å²) in [7, 11) is 3.78. The molecule has 108 valence electrons. The van der Waals surface area contributed by atoms with E-state index >= 15 is 0 Å². The van der Waals surface area contributed by atoms with Crippen LogP contribution in [0.15, 0.2) is 36.4 Å². The number of nitrogens with one attached hydrogen (secondary N) is 1. The molecular weight excluding hydrogens is 262 g/mol. The molecule has 0 aliphatic rings. The van der Waals surface area contributed by atoms with Gasteiger partial charge in [0.2, 0.25) is 0 Å². The van der Waals surface area contributed by atoms with Crippen molar-refractivity contribution in [1.29, 1.82) is 5.26 Å². The van der Waals surface area contributed by atoms with Crippen LogP contribution in [0.1, 0.15) is 13.3 Å². The van der Waals surface area contributed by atoms with Crippen LogP contribution >= 0.6 is 0 Å². The van der Waals surface area contributed by atoms with Gasteiger partial charge in [-0.25, -0.2) is 9.97 Å². The molecule has 21 heavy (non-hydrogen) atoms. The number of hydrogen-bond donors (Lipinski definition) is 1. The summed E-state index contributed by atoms with van der Waals surface area (Å²) in [5.74, 6) is 2.24. The van der Waals surface area contributed by atoms with E-state index in [1.165, 1.54) is 0 Å². The number of hydrogen-bond acceptors (Lipinski definition) is 5. The fraction of sp³-hybridized carbons (Fsp3) is 0.312. The molecule has 0 fully saturated rings. The van der Waals surface area contributed by atoms with Crippen LogP contribution in [-0.2, 0) is 0 Å². The summed E-state index contributed by atoms with van der Waals surface area (Å²) in [6.07, 6.45) is 0.454. The molecule has 0 aliphatic carbocycles. The molecule has 1 unspecified atom stereocenters. The van der Waals surface area contributed by atoms with Crippen molar-refractivity contribution < 1.29 is 0 Å². The number of benzene rings is 1. The van der Waals surface area contributed by atoms with Crippen LogP contribution in [0.3, 0.4) is 0 Å². The Morgan fingerprint density at radius 3 is 2.62 bits per heavy atom. The Kier molecular flexibility index (Phi) is 4.72. The van der Waals surface area contributed by atoms with Crippen LogP contribution in [-0.4, -0.2) is 30.1 Å². The Morgan fingerprint density at radius 1 is 1.29 bits per heavy atom. The minimum absolute atomic E-state index is 0.0956. The van der Waals surface area contributed by atoms with Gasteiger partial charge in [0, 0.05) is 31.8 Å². The van der Waals surface area contributed by atoms with E-state index in [0.717, 1.165) is 17.2 Å². The lowest BCUT2D eigenvalue weighted by Crippen LogP contribution is -2.29. The minimum Gasteiger partial charge on any atom is -0.373 e. The fourth-order valence-electron chi connectivity index (χ4n) is 1.95. The second-order valence-electron chi connectivity index (χ2n) is 4.87. The van der Waals surface area contributed by atoms with Crippen LogP contribution < -0.4 is 10.2 Å². The van der Waals surface area contributed by atoms with Crippen molar-refractivity contribution in [3.8, 4) is 17.5 Å². The van der Waals surface area contributed by atoms with E-state index in [0.29, 0.717) is 12.2 Å². The predicted molar refractivity (Wildman–Crippen MR) is 85.1 cm³/mol. The number of anilines is 2. The van der Waals surface area contributed by atoms with Crippen LogP contribution in [0, 0.1) is 11.3 Å². The molecule has 1 atom stereocenters. The van der Waals surface area contributed by atoms with Crippen molar-refractivity contribution >= 4 is 11.6 Å². The first-order chi connectivity index (χ1) is 10.2. The van der Waals surface area contributed by atoms with E-state index in [1.54, 1.807) is 0 Å². The molecule has 0 radical (unpaired) electrons. The Hall–Kier alpha value is -2.61. The van der Waals surface area contributed by atoms with E-state index in [4.69, 9.17) is 5.26 Å². The molecule has 1 aromatic heterocycles. The van der Waals surface area contributed by atoms with Gasteiger partial charge < -0.3 is 10.2 Å². The van der Waals surface area contributed by atoms with Crippen molar-refractivity contribution in [3.63, 3.8) is 0 Å². The maximum atomic E-state index is 8.84. The van der Waals surface area contributed by atoms with Crippen LogP contribution in [0.5, 0.6) is 0 Å². The zero-order valence-electron chi connectivity index (χ0n) is 12.5. The molecule has 1 heterocycles. The number of rotatable bonds is 5. The lowest BCUT2D eigenvalue weighted by Gasteiger charge is -2.24. The Morgan fingerprint density at radius 2 is 2.00 bits per heavy atom. The van der Waals surface area contributed by atoms with E-state index in [9.17, 15) is 0 Å². The van der Waals surface area contributed by atoms with Gasteiger partial charge in [-0.1, -0.05) is 30.3 Å². The van der Waals surface area contributed by atoms with Crippen molar-refractivity contribution in [2.24, 2.45) is 0 Å². The molecule has 0 amide bonds. The summed E-state index contributed by atoms with van der Waals surface area (Å²) < 4.78 is 0. The van der Waals surface area contributed by atoms with Crippen LogP contribution in [0.4, 0.5) is 11.6 Å². The first kappa shape index (κ1) is 14.8. The van der Waals surface area contributed by atoms with E-state index in [-0.39, 0.29) is 6.04 Å².